The van der Waals surface area contributed by atoms with Gasteiger partial charge in [-0.2, -0.15) is 5.26 Å². The van der Waals surface area contributed by atoms with Gasteiger partial charge in [0.1, 0.15) is 5.76 Å². The quantitative estimate of drug-likeness (QED) is 0.709. The van der Waals surface area contributed by atoms with Gasteiger partial charge in [0, 0.05) is 23.4 Å². The third-order valence-corrected chi connectivity index (χ3v) is 6.38. The van der Waals surface area contributed by atoms with Crippen molar-refractivity contribution in [3.8, 4) is 6.07 Å². The number of nitriles is 1. The summed E-state index contributed by atoms with van der Waals surface area (Å²) in [4.78, 5) is 25.5. The molecule has 31 heavy (non-hydrogen) atoms. The average Bonchev–Trinajstić information content (AvgIpc) is 3.25. The SMILES string of the molecule is CC1(C)CC(=O)C2=C(C1)NC(SCC(=O)Nc1ccccc1)=C(C#N)[C@H]2c1ccco1. The van der Waals surface area contributed by atoms with Crippen LogP contribution in [-0.4, -0.2) is 17.4 Å². The molecule has 0 fully saturated rings. The molecular weight excluding hydrogens is 410 g/mol. The van der Waals surface area contributed by atoms with Crippen LogP contribution in [0, 0.1) is 16.7 Å². The number of para-hydroxylation sites is 1. The van der Waals surface area contributed by atoms with E-state index in [0.717, 1.165) is 11.4 Å². The van der Waals surface area contributed by atoms with E-state index in [1.165, 1.54) is 11.8 Å². The molecule has 0 unspecified atom stereocenters. The number of allylic oxidation sites excluding steroid dienone is 3. The highest BCUT2D eigenvalue weighted by Crippen LogP contribution is 2.47. The lowest BCUT2D eigenvalue weighted by Crippen LogP contribution is -2.37. The lowest BCUT2D eigenvalue weighted by atomic mass is 9.70. The third-order valence-electron chi connectivity index (χ3n) is 5.36. The minimum absolute atomic E-state index is 0.0266. The lowest BCUT2D eigenvalue weighted by Gasteiger charge is -2.38. The number of hydrogen-bond acceptors (Lipinski definition) is 6. The Bertz CT molecular complexity index is 1110. The molecule has 2 aromatic rings. The maximum absolute atomic E-state index is 13.0. The number of hydrogen-bond donors (Lipinski definition) is 2. The van der Waals surface area contributed by atoms with Crippen molar-refractivity contribution in [3.63, 3.8) is 0 Å². The van der Waals surface area contributed by atoms with Crippen LogP contribution in [0.4, 0.5) is 5.69 Å². The zero-order valence-corrected chi connectivity index (χ0v) is 18.2. The van der Waals surface area contributed by atoms with E-state index in [4.69, 9.17) is 4.42 Å². The minimum atomic E-state index is -0.556. The largest absolute Gasteiger partial charge is 0.468 e. The molecule has 158 valence electrons. The molecule has 0 spiro atoms. The molecule has 0 saturated heterocycles. The number of dihydropyridines is 1. The summed E-state index contributed by atoms with van der Waals surface area (Å²) in [5.41, 5.74) is 2.36. The molecule has 1 amide bonds. The van der Waals surface area contributed by atoms with Crippen LogP contribution in [-0.2, 0) is 9.59 Å². The van der Waals surface area contributed by atoms with Gasteiger partial charge in [0.05, 0.1) is 34.6 Å². The van der Waals surface area contributed by atoms with Crippen molar-refractivity contribution in [1.29, 1.82) is 5.26 Å². The van der Waals surface area contributed by atoms with Crippen LogP contribution in [0.2, 0.25) is 0 Å². The molecule has 6 nitrogen and oxygen atoms in total. The molecule has 0 radical (unpaired) electrons. The maximum atomic E-state index is 13.0. The van der Waals surface area contributed by atoms with Crippen LogP contribution < -0.4 is 10.6 Å². The van der Waals surface area contributed by atoms with Gasteiger partial charge in [-0.05, 0) is 36.1 Å². The van der Waals surface area contributed by atoms with E-state index >= 15 is 0 Å². The Balaban J connectivity index is 1.62. The van der Waals surface area contributed by atoms with Gasteiger partial charge in [0.25, 0.3) is 0 Å². The summed E-state index contributed by atoms with van der Waals surface area (Å²) >= 11 is 1.26. The predicted molar refractivity (Wildman–Crippen MR) is 120 cm³/mol. The van der Waals surface area contributed by atoms with Crippen LogP contribution in [0.1, 0.15) is 38.4 Å². The summed E-state index contributed by atoms with van der Waals surface area (Å²) < 4.78 is 5.62. The monoisotopic (exact) mass is 433 g/mol. The normalized spacial score (nSPS) is 20.0. The van der Waals surface area contributed by atoms with Gasteiger partial charge in [-0.15, -0.1) is 0 Å². The number of rotatable bonds is 5. The first-order chi connectivity index (χ1) is 14.9. The number of nitrogens with one attached hydrogen (secondary N) is 2. The zero-order valence-electron chi connectivity index (χ0n) is 17.4. The number of benzene rings is 1. The number of amides is 1. The number of ketones is 1. The average molecular weight is 434 g/mol. The molecule has 1 aliphatic heterocycles. The molecular formula is C24H23N3O3S. The molecule has 0 saturated carbocycles. The zero-order chi connectivity index (χ0) is 22.0. The predicted octanol–water partition coefficient (Wildman–Crippen LogP) is 4.72. The summed E-state index contributed by atoms with van der Waals surface area (Å²) in [7, 11) is 0. The van der Waals surface area contributed by atoms with E-state index in [2.05, 4.69) is 30.6 Å². The second-order valence-corrected chi connectivity index (χ2v) is 9.45. The van der Waals surface area contributed by atoms with Gasteiger partial charge in [-0.25, -0.2) is 0 Å². The van der Waals surface area contributed by atoms with Crippen molar-refractivity contribution in [2.75, 3.05) is 11.1 Å². The van der Waals surface area contributed by atoms with Crippen LogP contribution in [0.15, 0.2) is 75.0 Å². The van der Waals surface area contributed by atoms with E-state index < -0.39 is 5.92 Å². The Hall–Kier alpha value is -3.24. The summed E-state index contributed by atoms with van der Waals surface area (Å²) in [5, 5.41) is 16.7. The van der Waals surface area contributed by atoms with Crippen LogP contribution in [0.5, 0.6) is 0 Å². The Kier molecular flexibility index (Phi) is 5.75. The first-order valence-corrected chi connectivity index (χ1v) is 11.0. The first kappa shape index (κ1) is 21.0. The topological polar surface area (TPSA) is 95.1 Å². The van der Waals surface area contributed by atoms with Crippen LogP contribution in [0.3, 0.4) is 0 Å². The van der Waals surface area contributed by atoms with E-state index in [9.17, 15) is 14.9 Å². The van der Waals surface area contributed by atoms with Gasteiger partial charge < -0.3 is 15.1 Å². The number of carbonyl (C=O) groups is 2. The maximum Gasteiger partial charge on any atom is 0.234 e. The number of anilines is 1. The Morgan fingerprint density at radius 3 is 2.71 bits per heavy atom. The highest BCUT2D eigenvalue weighted by molar-refractivity contribution is 8.03. The Morgan fingerprint density at radius 2 is 2.03 bits per heavy atom. The number of nitrogens with zero attached hydrogens (tertiary/aromatic N) is 1. The van der Waals surface area contributed by atoms with E-state index in [-0.39, 0.29) is 22.9 Å². The second-order valence-electron chi connectivity index (χ2n) is 8.46. The van der Waals surface area contributed by atoms with Gasteiger partial charge in [0.2, 0.25) is 5.91 Å². The summed E-state index contributed by atoms with van der Waals surface area (Å²) in [5.74, 6) is -0.00587. The second kappa shape index (κ2) is 8.48. The van der Waals surface area contributed by atoms with E-state index in [1.54, 1.807) is 18.4 Å². The van der Waals surface area contributed by atoms with Gasteiger partial charge >= 0.3 is 0 Å². The fraction of sp³-hybridized carbons (Fsp3) is 0.292. The van der Waals surface area contributed by atoms with Crippen molar-refractivity contribution in [2.24, 2.45) is 5.41 Å². The molecule has 2 aliphatic rings. The number of carbonyl (C=O) groups excluding carboxylic acids is 2. The van der Waals surface area contributed by atoms with Crippen LogP contribution in [0.25, 0.3) is 0 Å². The standard InChI is InChI=1S/C24H23N3O3S/c1-24(2)11-17-22(18(28)12-24)21(19-9-6-10-30-19)16(13-25)23(27-17)31-14-20(29)26-15-7-4-3-5-8-15/h3-10,21,27H,11-12,14H2,1-2H3,(H,26,29)/t21-/m0/s1. The number of thioether (sulfide) groups is 1. The molecule has 4 rings (SSSR count). The Labute approximate surface area is 185 Å². The highest BCUT2D eigenvalue weighted by Gasteiger charge is 2.42. The van der Waals surface area contributed by atoms with Crippen molar-refractivity contribution in [3.05, 3.63) is 76.4 Å². The molecule has 0 bridgehead atoms. The van der Waals surface area contributed by atoms with E-state index in [0.29, 0.717) is 34.8 Å². The number of furan rings is 1. The fourth-order valence-corrected chi connectivity index (χ4v) is 4.95. The molecule has 1 aliphatic carbocycles. The molecule has 1 aromatic heterocycles. The minimum Gasteiger partial charge on any atom is -0.468 e. The lowest BCUT2D eigenvalue weighted by molar-refractivity contribution is -0.118. The van der Waals surface area contributed by atoms with Crippen molar-refractivity contribution in [1.82, 2.24) is 5.32 Å². The fourth-order valence-electron chi connectivity index (χ4n) is 4.09. The molecule has 1 aromatic carbocycles. The smallest absolute Gasteiger partial charge is 0.234 e. The van der Waals surface area contributed by atoms with Crippen molar-refractivity contribution in [2.45, 2.75) is 32.6 Å². The van der Waals surface area contributed by atoms with Gasteiger partial charge in [0.15, 0.2) is 5.78 Å². The summed E-state index contributed by atoms with van der Waals surface area (Å²) in [6.45, 7) is 4.11. The van der Waals surface area contributed by atoms with Crippen molar-refractivity contribution >= 4 is 29.1 Å². The van der Waals surface area contributed by atoms with Crippen LogP contribution >= 0.6 is 11.8 Å². The van der Waals surface area contributed by atoms with E-state index in [1.807, 2.05) is 30.3 Å². The number of Topliss-reactive ketones (excluding diaryl/α,β-unsaturated/α-hetero) is 1. The van der Waals surface area contributed by atoms with Gasteiger partial charge in [-0.3, -0.25) is 9.59 Å². The van der Waals surface area contributed by atoms with Gasteiger partial charge in [-0.1, -0.05) is 43.8 Å². The van der Waals surface area contributed by atoms with Crippen molar-refractivity contribution < 1.29 is 14.0 Å². The Morgan fingerprint density at radius 1 is 1.26 bits per heavy atom. The summed E-state index contributed by atoms with van der Waals surface area (Å²) in [6.07, 6.45) is 2.65. The molecule has 2 heterocycles. The highest BCUT2D eigenvalue weighted by atomic mass is 32.2. The first-order valence-electron chi connectivity index (χ1n) is 10.1. The summed E-state index contributed by atoms with van der Waals surface area (Å²) in [6, 6.07) is 15.0. The third kappa shape index (κ3) is 4.44. The molecule has 2 N–H and O–H groups in total. The molecule has 1 atom stereocenters. The molecule has 7 heteroatoms.